The predicted molar refractivity (Wildman–Crippen MR) is 85.0 cm³/mol. The van der Waals surface area contributed by atoms with Crippen molar-refractivity contribution in [1.29, 1.82) is 0 Å². The summed E-state index contributed by atoms with van der Waals surface area (Å²) in [4.78, 5) is 42.2. The van der Waals surface area contributed by atoms with Crippen LogP contribution in [0.1, 0.15) is 6.42 Å². The van der Waals surface area contributed by atoms with E-state index in [4.69, 9.17) is 0 Å². The number of aromatic nitrogens is 1. The van der Waals surface area contributed by atoms with E-state index in [-0.39, 0.29) is 42.0 Å². The van der Waals surface area contributed by atoms with Crippen LogP contribution in [-0.4, -0.2) is 34.2 Å². The van der Waals surface area contributed by atoms with Crippen LogP contribution in [0.4, 0.5) is 5.82 Å². The second-order valence-electron chi connectivity index (χ2n) is 6.17. The summed E-state index contributed by atoms with van der Waals surface area (Å²) in [7, 11) is 0. The smallest absolute Gasteiger partial charge is 0.245 e. The number of hydrogen-bond acceptors (Lipinski definition) is 4. The minimum absolute atomic E-state index is 0.155. The molecule has 2 heterocycles. The minimum atomic E-state index is -0.415. The zero-order valence-electron chi connectivity index (χ0n) is 12.1. The van der Waals surface area contributed by atoms with Crippen molar-refractivity contribution in [2.45, 2.75) is 6.42 Å². The number of nitrogens with one attached hydrogen (secondary N) is 1. The average molecular weight is 376 g/mol. The zero-order chi connectivity index (χ0) is 16.1. The summed E-state index contributed by atoms with van der Waals surface area (Å²) in [6.45, 7) is -0.248. The van der Waals surface area contributed by atoms with Crippen LogP contribution in [0.5, 0.6) is 0 Å². The summed E-state index contributed by atoms with van der Waals surface area (Å²) in [5.41, 5.74) is 0. The first-order valence-corrected chi connectivity index (χ1v) is 8.29. The molecule has 4 atom stereocenters. The Morgan fingerprint density at radius 1 is 1.22 bits per heavy atom. The third-order valence-corrected chi connectivity index (χ3v) is 5.33. The van der Waals surface area contributed by atoms with E-state index in [0.29, 0.717) is 5.82 Å². The molecule has 2 aliphatic carbocycles. The van der Waals surface area contributed by atoms with E-state index in [0.717, 1.165) is 15.8 Å². The Morgan fingerprint density at radius 3 is 2.43 bits per heavy atom. The molecule has 3 amide bonds. The fraction of sp³-hybridized carbons (Fsp3) is 0.375. The van der Waals surface area contributed by atoms with Gasteiger partial charge in [-0.15, -0.1) is 0 Å². The van der Waals surface area contributed by atoms with Crippen LogP contribution in [0.2, 0.25) is 0 Å². The van der Waals surface area contributed by atoms with E-state index >= 15 is 0 Å². The molecule has 4 rings (SSSR count). The molecule has 23 heavy (non-hydrogen) atoms. The second-order valence-corrected chi connectivity index (χ2v) is 7.09. The molecule has 3 aliphatic rings. The van der Waals surface area contributed by atoms with Crippen molar-refractivity contribution >= 4 is 39.5 Å². The van der Waals surface area contributed by atoms with Gasteiger partial charge in [-0.3, -0.25) is 19.3 Å². The van der Waals surface area contributed by atoms with Gasteiger partial charge < -0.3 is 5.32 Å². The van der Waals surface area contributed by atoms with Crippen molar-refractivity contribution in [2.75, 3.05) is 11.9 Å². The molecule has 4 unspecified atom stereocenters. The van der Waals surface area contributed by atoms with Gasteiger partial charge in [0, 0.05) is 10.7 Å². The number of fused-ring (bicyclic) bond motifs is 5. The molecule has 1 saturated carbocycles. The highest BCUT2D eigenvalue weighted by molar-refractivity contribution is 9.10. The van der Waals surface area contributed by atoms with Crippen molar-refractivity contribution in [3.05, 3.63) is 35.0 Å². The van der Waals surface area contributed by atoms with Crippen molar-refractivity contribution < 1.29 is 14.4 Å². The van der Waals surface area contributed by atoms with Gasteiger partial charge >= 0.3 is 0 Å². The first kappa shape index (κ1) is 14.6. The normalized spacial score (nSPS) is 30.9. The van der Waals surface area contributed by atoms with Crippen molar-refractivity contribution in [2.24, 2.45) is 23.7 Å². The van der Waals surface area contributed by atoms with Gasteiger partial charge in [-0.1, -0.05) is 12.2 Å². The number of nitrogens with zero attached hydrogens (tertiary/aromatic N) is 2. The van der Waals surface area contributed by atoms with Crippen LogP contribution < -0.4 is 5.32 Å². The summed E-state index contributed by atoms with van der Waals surface area (Å²) < 4.78 is 0.802. The SMILES string of the molecule is O=C(CN1C(=O)C2C3C=CC(C3)C2C1=O)Nc1ccc(Br)cn1. The van der Waals surface area contributed by atoms with E-state index < -0.39 is 5.91 Å². The standard InChI is InChI=1S/C16H14BrN3O3/c17-10-3-4-11(18-6-10)19-12(21)7-20-15(22)13-8-1-2-9(5-8)14(13)16(20)23/h1-4,6,8-9,13-14H,5,7H2,(H,18,19,21). The van der Waals surface area contributed by atoms with Crippen molar-refractivity contribution in [1.82, 2.24) is 9.88 Å². The molecule has 0 radical (unpaired) electrons. The van der Waals surface area contributed by atoms with Gasteiger partial charge in [0.05, 0.1) is 11.8 Å². The number of carbonyl (C=O) groups excluding carboxylic acids is 3. The second kappa shape index (κ2) is 5.26. The third-order valence-electron chi connectivity index (χ3n) is 4.86. The fourth-order valence-electron chi connectivity index (χ4n) is 3.90. The van der Waals surface area contributed by atoms with Gasteiger partial charge in [-0.2, -0.15) is 0 Å². The lowest BCUT2D eigenvalue weighted by Gasteiger charge is -2.16. The lowest BCUT2D eigenvalue weighted by Crippen LogP contribution is -2.39. The van der Waals surface area contributed by atoms with Crippen LogP contribution in [0, 0.1) is 23.7 Å². The number of carbonyl (C=O) groups is 3. The number of imide groups is 1. The number of amides is 3. The monoisotopic (exact) mass is 375 g/mol. The Bertz CT molecular complexity index is 701. The number of allylic oxidation sites excluding steroid dienone is 2. The minimum Gasteiger partial charge on any atom is -0.309 e. The van der Waals surface area contributed by atoms with E-state index in [9.17, 15) is 14.4 Å². The Balaban J connectivity index is 1.45. The number of pyridine rings is 1. The lowest BCUT2D eigenvalue weighted by molar-refractivity contribution is -0.143. The predicted octanol–water partition coefficient (Wildman–Crippen LogP) is 1.59. The first-order chi connectivity index (χ1) is 11.0. The average Bonchev–Trinajstić information content (AvgIpc) is 3.19. The number of likely N-dealkylation sites (tertiary alicyclic amines) is 1. The van der Waals surface area contributed by atoms with Gasteiger partial charge in [-0.25, -0.2) is 4.98 Å². The molecule has 1 aromatic heterocycles. The topological polar surface area (TPSA) is 79.4 Å². The molecule has 1 aliphatic heterocycles. The van der Waals surface area contributed by atoms with Gasteiger partial charge in [0.1, 0.15) is 12.4 Å². The van der Waals surface area contributed by atoms with Crippen molar-refractivity contribution in [3.63, 3.8) is 0 Å². The van der Waals surface area contributed by atoms with Gasteiger partial charge in [0.25, 0.3) is 0 Å². The molecular formula is C16H14BrN3O3. The summed E-state index contributed by atoms with van der Waals surface area (Å²) >= 11 is 3.26. The number of anilines is 1. The first-order valence-electron chi connectivity index (χ1n) is 7.49. The van der Waals surface area contributed by atoms with Crippen LogP contribution in [0.3, 0.4) is 0 Å². The maximum Gasteiger partial charge on any atom is 0.245 e. The molecule has 2 fully saturated rings. The quantitative estimate of drug-likeness (QED) is 0.642. The third kappa shape index (κ3) is 2.30. The molecule has 1 N–H and O–H groups in total. The highest BCUT2D eigenvalue weighted by atomic mass is 79.9. The number of hydrogen-bond donors (Lipinski definition) is 1. The highest BCUT2D eigenvalue weighted by Gasteiger charge is 2.59. The largest absolute Gasteiger partial charge is 0.309 e. The fourth-order valence-corrected chi connectivity index (χ4v) is 4.13. The van der Waals surface area contributed by atoms with Crippen LogP contribution in [0.25, 0.3) is 0 Å². The number of rotatable bonds is 3. The molecule has 7 heteroatoms. The number of halogens is 1. The van der Waals surface area contributed by atoms with Crippen molar-refractivity contribution in [3.8, 4) is 0 Å². The molecule has 118 valence electrons. The maximum atomic E-state index is 12.5. The summed E-state index contributed by atoms with van der Waals surface area (Å²) in [6, 6.07) is 3.40. The molecule has 0 aromatic carbocycles. The molecule has 2 bridgehead atoms. The molecule has 1 aromatic rings. The zero-order valence-corrected chi connectivity index (χ0v) is 13.7. The Labute approximate surface area is 141 Å². The molecule has 6 nitrogen and oxygen atoms in total. The maximum absolute atomic E-state index is 12.5. The Hall–Kier alpha value is -2.02. The van der Waals surface area contributed by atoms with E-state index in [1.165, 1.54) is 0 Å². The molecule has 0 spiro atoms. The Kier molecular flexibility index (Phi) is 3.33. The molecule has 1 saturated heterocycles. The molecular weight excluding hydrogens is 362 g/mol. The van der Waals surface area contributed by atoms with E-state index in [1.807, 2.05) is 12.2 Å². The van der Waals surface area contributed by atoms with Gasteiger partial charge in [0.15, 0.2) is 0 Å². The van der Waals surface area contributed by atoms with E-state index in [2.05, 4.69) is 26.2 Å². The van der Waals surface area contributed by atoms with E-state index in [1.54, 1.807) is 18.3 Å². The van der Waals surface area contributed by atoms with Gasteiger partial charge in [-0.05, 0) is 46.3 Å². The van der Waals surface area contributed by atoms with Crippen LogP contribution in [-0.2, 0) is 14.4 Å². The highest BCUT2D eigenvalue weighted by Crippen LogP contribution is 2.52. The van der Waals surface area contributed by atoms with Crippen LogP contribution in [0.15, 0.2) is 35.0 Å². The lowest BCUT2D eigenvalue weighted by atomic mass is 9.85. The Morgan fingerprint density at radius 2 is 1.87 bits per heavy atom. The summed E-state index contributed by atoms with van der Waals surface area (Å²) in [5, 5.41) is 2.61. The summed E-state index contributed by atoms with van der Waals surface area (Å²) in [6.07, 6.45) is 6.52. The van der Waals surface area contributed by atoms with Gasteiger partial charge in [0.2, 0.25) is 17.7 Å². The van der Waals surface area contributed by atoms with Crippen LogP contribution >= 0.6 is 15.9 Å². The summed E-state index contributed by atoms with van der Waals surface area (Å²) in [5.74, 6) is -0.676.